The van der Waals surface area contributed by atoms with Crippen molar-refractivity contribution in [3.05, 3.63) is 53.2 Å². The van der Waals surface area contributed by atoms with Gasteiger partial charge >= 0.3 is 0 Å². The van der Waals surface area contributed by atoms with Gasteiger partial charge in [0.2, 0.25) is 0 Å². The van der Waals surface area contributed by atoms with Crippen LogP contribution in [0.5, 0.6) is 0 Å². The topological polar surface area (TPSA) is 38.1 Å². The van der Waals surface area contributed by atoms with Crippen molar-refractivity contribution >= 4 is 11.6 Å². The van der Waals surface area contributed by atoms with Gasteiger partial charge in [-0.05, 0) is 43.7 Å². The van der Waals surface area contributed by atoms with Crippen LogP contribution in [0.3, 0.4) is 0 Å². The molecule has 0 aliphatic rings. The lowest BCUT2D eigenvalue weighted by Gasteiger charge is -2.16. The summed E-state index contributed by atoms with van der Waals surface area (Å²) in [5.41, 5.74) is 1.13. The summed E-state index contributed by atoms with van der Waals surface area (Å²) in [5, 5.41) is 4.05. The largest absolute Gasteiger partial charge is 0.469 e. The van der Waals surface area contributed by atoms with Gasteiger partial charge in [0.1, 0.15) is 5.76 Å². The van der Waals surface area contributed by atoms with Crippen molar-refractivity contribution in [2.45, 2.75) is 25.3 Å². The summed E-state index contributed by atoms with van der Waals surface area (Å²) < 4.78 is 5.34. The molecule has 0 bridgehead atoms. The Kier molecular flexibility index (Phi) is 4.79. The van der Waals surface area contributed by atoms with Gasteiger partial charge in [0, 0.05) is 24.9 Å². The Morgan fingerprint density at radius 3 is 3.00 bits per heavy atom. The fourth-order valence-corrected chi connectivity index (χ4v) is 2.15. The van der Waals surface area contributed by atoms with E-state index in [4.69, 9.17) is 16.0 Å². The van der Waals surface area contributed by atoms with Gasteiger partial charge in [-0.25, -0.2) is 0 Å². The molecule has 0 aliphatic heterocycles. The number of nitrogens with one attached hydrogen (secondary N) is 1. The van der Waals surface area contributed by atoms with Crippen LogP contribution in [0.25, 0.3) is 0 Å². The van der Waals surface area contributed by atoms with E-state index in [9.17, 15) is 0 Å². The van der Waals surface area contributed by atoms with Gasteiger partial charge in [0.05, 0.1) is 11.3 Å². The number of aromatic nitrogens is 1. The number of furan rings is 1. The molecule has 4 heteroatoms. The van der Waals surface area contributed by atoms with Crippen molar-refractivity contribution in [3.8, 4) is 0 Å². The molecule has 0 saturated heterocycles. The Labute approximate surface area is 112 Å². The molecule has 2 aromatic heterocycles. The normalized spacial score (nSPS) is 12.6. The highest BCUT2D eigenvalue weighted by atomic mass is 35.5. The summed E-state index contributed by atoms with van der Waals surface area (Å²) >= 11 is 6.12. The maximum absolute atomic E-state index is 6.12. The van der Waals surface area contributed by atoms with Crippen molar-refractivity contribution in [1.29, 1.82) is 0 Å². The van der Waals surface area contributed by atoms with E-state index in [2.05, 4.69) is 10.3 Å². The number of hydrogen-bond donors (Lipinski definition) is 1. The second-order valence-electron chi connectivity index (χ2n) is 4.27. The highest BCUT2D eigenvalue weighted by molar-refractivity contribution is 6.31. The van der Waals surface area contributed by atoms with Crippen molar-refractivity contribution in [2.24, 2.45) is 0 Å². The van der Waals surface area contributed by atoms with Crippen LogP contribution in [0.15, 0.2) is 41.3 Å². The Hall–Kier alpha value is -1.32. The molecule has 0 fully saturated rings. The minimum absolute atomic E-state index is 0.384. The lowest BCUT2D eigenvalue weighted by atomic mass is 10.0. The molecule has 1 atom stereocenters. The van der Waals surface area contributed by atoms with Crippen LogP contribution in [0.1, 0.15) is 17.7 Å². The molecule has 3 nitrogen and oxygen atoms in total. The second kappa shape index (κ2) is 6.57. The molecule has 0 amide bonds. The standard InChI is InChI=1S/C14H17ClN2O/c1-16-12(4-5-13-3-2-8-18-13)9-11-6-7-17-10-14(11)15/h2-3,6-8,10,12,16H,4-5,9H2,1H3. The highest BCUT2D eigenvalue weighted by Gasteiger charge is 2.10. The summed E-state index contributed by atoms with van der Waals surface area (Å²) in [6.07, 6.45) is 8.03. The van der Waals surface area contributed by atoms with Gasteiger partial charge in [-0.2, -0.15) is 0 Å². The first-order chi connectivity index (χ1) is 8.79. The van der Waals surface area contributed by atoms with Crippen LogP contribution in [-0.4, -0.2) is 18.1 Å². The van der Waals surface area contributed by atoms with Crippen LogP contribution < -0.4 is 5.32 Å². The molecule has 2 rings (SSSR count). The first-order valence-electron chi connectivity index (χ1n) is 6.07. The number of pyridine rings is 1. The third-order valence-corrected chi connectivity index (χ3v) is 3.39. The first kappa shape index (κ1) is 13.1. The smallest absolute Gasteiger partial charge is 0.103 e. The lowest BCUT2D eigenvalue weighted by molar-refractivity contribution is 0.460. The molecule has 2 aromatic rings. The number of halogens is 1. The fourth-order valence-electron chi connectivity index (χ4n) is 1.95. The minimum atomic E-state index is 0.384. The Morgan fingerprint density at radius 2 is 2.33 bits per heavy atom. The molecule has 1 N–H and O–H groups in total. The van der Waals surface area contributed by atoms with E-state index in [0.717, 1.165) is 35.6 Å². The third-order valence-electron chi connectivity index (χ3n) is 3.05. The minimum Gasteiger partial charge on any atom is -0.469 e. The Bertz CT molecular complexity index is 470. The van der Waals surface area contributed by atoms with E-state index < -0.39 is 0 Å². The van der Waals surface area contributed by atoms with Crippen molar-refractivity contribution < 1.29 is 4.42 Å². The molecule has 1 unspecified atom stereocenters. The molecule has 0 aromatic carbocycles. The molecular formula is C14H17ClN2O. The van der Waals surface area contributed by atoms with Gasteiger partial charge in [0.15, 0.2) is 0 Å². The highest BCUT2D eigenvalue weighted by Crippen LogP contribution is 2.17. The van der Waals surface area contributed by atoms with Gasteiger partial charge in [0.25, 0.3) is 0 Å². The molecule has 18 heavy (non-hydrogen) atoms. The monoisotopic (exact) mass is 264 g/mol. The van der Waals surface area contributed by atoms with Crippen LogP contribution in [0.2, 0.25) is 5.02 Å². The SMILES string of the molecule is CNC(CCc1ccco1)Cc1ccncc1Cl. The van der Waals surface area contributed by atoms with Gasteiger partial charge < -0.3 is 9.73 Å². The average Bonchev–Trinajstić information content (AvgIpc) is 2.90. The summed E-state index contributed by atoms with van der Waals surface area (Å²) in [6.45, 7) is 0. The summed E-state index contributed by atoms with van der Waals surface area (Å²) in [4.78, 5) is 4.00. The van der Waals surface area contributed by atoms with E-state index in [0.29, 0.717) is 6.04 Å². The van der Waals surface area contributed by atoms with E-state index in [1.54, 1.807) is 18.7 Å². The van der Waals surface area contributed by atoms with Crippen LogP contribution in [0.4, 0.5) is 0 Å². The van der Waals surface area contributed by atoms with Crippen molar-refractivity contribution in [3.63, 3.8) is 0 Å². The second-order valence-corrected chi connectivity index (χ2v) is 4.68. The molecule has 96 valence electrons. The quantitative estimate of drug-likeness (QED) is 0.871. The molecule has 0 saturated carbocycles. The summed E-state index contributed by atoms with van der Waals surface area (Å²) in [7, 11) is 1.97. The van der Waals surface area contributed by atoms with Gasteiger partial charge in [-0.3, -0.25) is 4.98 Å². The fraction of sp³-hybridized carbons (Fsp3) is 0.357. The predicted molar refractivity (Wildman–Crippen MR) is 72.8 cm³/mol. The molecule has 2 heterocycles. The van der Waals surface area contributed by atoms with Crippen molar-refractivity contribution in [1.82, 2.24) is 10.3 Å². The van der Waals surface area contributed by atoms with E-state index in [-0.39, 0.29) is 0 Å². The zero-order valence-corrected chi connectivity index (χ0v) is 11.2. The lowest BCUT2D eigenvalue weighted by Crippen LogP contribution is -2.28. The maximum Gasteiger partial charge on any atom is 0.103 e. The average molecular weight is 265 g/mol. The number of rotatable bonds is 6. The van der Waals surface area contributed by atoms with Crippen LogP contribution in [-0.2, 0) is 12.8 Å². The number of likely N-dealkylation sites (N-methyl/N-ethyl adjacent to an activating group) is 1. The zero-order valence-electron chi connectivity index (χ0n) is 10.4. The van der Waals surface area contributed by atoms with Gasteiger partial charge in [-0.15, -0.1) is 0 Å². The zero-order chi connectivity index (χ0) is 12.8. The van der Waals surface area contributed by atoms with Crippen molar-refractivity contribution in [2.75, 3.05) is 7.05 Å². The first-order valence-corrected chi connectivity index (χ1v) is 6.45. The van der Waals surface area contributed by atoms with E-state index in [1.165, 1.54) is 0 Å². The maximum atomic E-state index is 6.12. The predicted octanol–water partition coefficient (Wildman–Crippen LogP) is 3.09. The number of aryl methyl sites for hydroxylation is 1. The van der Waals surface area contributed by atoms with Crippen LogP contribution >= 0.6 is 11.6 Å². The molecule has 0 radical (unpaired) electrons. The number of nitrogens with zero attached hydrogens (tertiary/aromatic N) is 1. The number of hydrogen-bond acceptors (Lipinski definition) is 3. The Morgan fingerprint density at radius 1 is 1.44 bits per heavy atom. The van der Waals surface area contributed by atoms with E-state index in [1.807, 2.05) is 25.2 Å². The summed E-state index contributed by atoms with van der Waals surface area (Å²) in [5.74, 6) is 1.02. The summed E-state index contributed by atoms with van der Waals surface area (Å²) in [6, 6.07) is 6.28. The van der Waals surface area contributed by atoms with Crippen LogP contribution in [0, 0.1) is 0 Å². The molecule has 0 aliphatic carbocycles. The molecule has 0 spiro atoms. The van der Waals surface area contributed by atoms with Gasteiger partial charge in [-0.1, -0.05) is 11.6 Å². The third kappa shape index (κ3) is 3.59. The van der Waals surface area contributed by atoms with E-state index >= 15 is 0 Å². The Balaban J connectivity index is 1.91. The molecular weight excluding hydrogens is 248 g/mol.